The van der Waals surface area contributed by atoms with Crippen molar-refractivity contribution >= 4 is 17.2 Å². The number of rotatable bonds is 4. The molecule has 0 aliphatic heterocycles. The Balaban J connectivity index is 5.69. The number of alkyl halides is 9. The van der Waals surface area contributed by atoms with Gasteiger partial charge in [0.05, 0.1) is 0 Å². The van der Waals surface area contributed by atoms with Crippen LogP contribution in [-0.2, 0) is 11.0 Å². The number of hydrogen-bond acceptors (Lipinski definition) is 1. The first-order valence-corrected chi connectivity index (χ1v) is 6.16. The fraction of sp³-hybridized carbons (Fsp3) is 0.889. The minimum atomic E-state index is -7.07. The van der Waals surface area contributed by atoms with Crippen molar-refractivity contribution in [2.75, 3.05) is 0 Å². The van der Waals surface area contributed by atoms with Gasteiger partial charge in [-0.05, 0) is 5.41 Å². The minimum Gasteiger partial charge on any atom is -0.228 e. The summed E-state index contributed by atoms with van der Waals surface area (Å²) in [7, 11) is -4.32. The molecule has 0 aromatic heterocycles. The van der Waals surface area contributed by atoms with Crippen LogP contribution in [0.3, 0.4) is 0 Å². The Hall–Kier alpha value is -0.810. The molecule has 0 aliphatic carbocycles. The van der Waals surface area contributed by atoms with Crippen LogP contribution in [0, 0.1) is 5.41 Å². The lowest BCUT2D eigenvalue weighted by atomic mass is 10.00. The Morgan fingerprint density at radius 3 is 1.48 bits per heavy atom. The smallest absolute Gasteiger partial charge is 0.228 e. The summed E-state index contributed by atoms with van der Waals surface area (Å²) in [5.41, 5.74) is -1.03. The van der Waals surface area contributed by atoms with Crippen LogP contribution in [-0.4, -0.2) is 33.7 Å². The molecule has 0 radical (unpaired) electrons. The lowest BCUT2D eigenvalue weighted by Crippen LogP contribution is -2.61. The van der Waals surface area contributed by atoms with Gasteiger partial charge in [0.25, 0.3) is 0 Å². The lowest BCUT2D eigenvalue weighted by Gasteiger charge is -2.31. The van der Waals surface area contributed by atoms with Crippen molar-refractivity contribution in [2.45, 2.75) is 44.0 Å². The molecule has 1 atom stereocenters. The molecular weight excluding hydrogens is 341 g/mol. The average Bonchev–Trinajstić information content (AvgIpc) is 2.22. The molecular formula is C9H10F9NOS. The van der Waals surface area contributed by atoms with Crippen molar-refractivity contribution in [3.63, 3.8) is 0 Å². The molecule has 0 spiro atoms. The molecule has 0 saturated carbocycles. The molecule has 0 saturated heterocycles. The van der Waals surface area contributed by atoms with Gasteiger partial charge in [0.2, 0.25) is 11.0 Å². The van der Waals surface area contributed by atoms with Crippen molar-refractivity contribution < 1.29 is 43.7 Å². The summed E-state index contributed by atoms with van der Waals surface area (Å²) in [5.74, 6) is -14.0. The quantitative estimate of drug-likeness (QED) is 0.552. The monoisotopic (exact) mass is 351 g/mol. The van der Waals surface area contributed by atoms with Gasteiger partial charge in [0, 0.05) is 6.21 Å². The maximum atomic E-state index is 13.1. The van der Waals surface area contributed by atoms with E-state index in [1.54, 1.807) is 0 Å². The van der Waals surface area contributed by atoms with Crippen molar-refractivity contribution in [2.24, 2.45) is 9.81 Å². The van der Waals surface area contributed by atoms with E-state index >= 15 is 0 Å². The SMILES string of the molecule is CC(C)(C)/C=N/S(=O)C(F)(F)C(F)(F)C(F)(F)C(F)(F)F. The van der Waals surface area contributed by atoms with Crippen LogP contribution in [0.4, 0.5) is 39.5 Å². The standard InChI is InChI=1S/C9H10F9NOS/c1-5(2,3)4-19-21(20)9(17,18)7(12,13)6(10,11)8(14,15)16/h4H,1-3H3/b19-4+. The predicted octanol–water partition coefficient (Wildman–Crippen LogP) is 4.19. The second-order valence-electron chi connectivity index (χ2n) is 5.01. The van der Waals surface area contributed by atoms with E-state index in [9.17, 15) is 43.7 Å². The first-order chi connectivity index (χ1) is 8.88. The Bertz CT molecular complexity index is 435. The van der Waals surface area contributed by atoms with Crippen LogP contribution < -0.4 is 0 Å². The molecule has 12 heteroatoms. The topological polar surface area (TPSA) is 29.4 Å². The van der Waals surface area contributed by atoms with Crippen LogP contribution in [0.15, 0.2) is 4.40 Å². The molecule has 0 aromatic carbocycles. The maximum absolute atomic E-state index is 13.1. The van der Waals surface area contributed by atoms with Crippen molar-refractivity contribution in [1.29, 1.82) is 0 Å². The average molecular weight is 351 g/mol. The van der Waals surface area contributed by atoms with Gasteiger partial charge in [0.1, 0.15) is 0 Å². The van der Waals surface area contributed by atoms with Crippen LogP contribution in [0.2, 0.25) is 0 Å². The first kappa shape index (κ1) is 20.2. The lowest BCUT2D eigenvalue weighted by molar-refractivity contribution is -0.381. The zero-order chi connectivity index (χ0) is 17.5. The van der Waals surface area contributed by atoms with Gasteiger partial charge >= 0.3 is 23.3 Å². The van der Waals surface area contributed by atoms with Gasteiger partial charge in [-0.1, -0.05) is 20.8 Å². The first-order valence-electron chi connectivity index (χ1n) is 5.05. The Morgan fingerprint density at radius 1 is 0.810 bits per heavy atom. The van der Waals surface area contributed by atoms with E-state index in [0.29, 0.717) is 6.21 Å². The highest BCUT2D eigenvalue weighted by atomic mass is 32.2. The minimum absolute atomic E-state index is 0.485. The van der Waals surface area contributed by atoms with E-state index in [-0.39, 0.29) is 0 Å². The van der Waals surface area contributed by atoms with E-state index in [1.165, 1.54) is 20.8 Å². The van der Waals surface area contributed by atoms with Crippen molar-refractivity contribution in [1.82, 2.24) is 0 Å². The highest BCUT2D eigenvalue weighted by molar-refractivity contribution is 7.85. The number of halogens is 9. The van der Waals surface area contributed by atoms with E-state index in [0.717, 1.165) is 0 Å². The Kier molecular flexibility index (Phi) is 5.22. The van der Waals surface area contributed by atoms with Crippen LogP contribution in [0.5, 0.6) is 0 Å². The third-order valence-corrected chi connectivity index (χ3v) is 2.86. The van der Waals surface area contributed by atoms with Crippen molar-refractivity contribution in [3.8, 4) is 0 Å². The Morgan fingerprint density at radius 2 is 1.19 bits per heavy atom. The molecule has 0 aliphatic rings. The molecule has 126 valence electrons. The van der Waals surface area contributed by atoms with Gasteiger partial charge in [-0.3, -0.25) is 0 Å². The van der Waals surface area contributed by atoms with Gasteiger partial charge < -0.3 is 0 Å². The van der Waals surface area contributed by atoms with Crippen LogP contribution in [0.25, 0.3) is 0 Å². The number of hydrogen-bond donors (Lipinski definition) is 0. The summed E-state index contributed by atoms with van der Waals surface area (Å²) in [6.07, 6.45) is -6.46. The van der Waals surface area contributed by atoms with E-state index in [1.807, 2.05) is 0 Å². The van der Waals surface area contributed by atoms with Gasteiger partial charge in [-0.2, -0.15) is 43.9 Å². The molecule has 0 amide bonds. The second-order valence-corrected chi connectivity index (χ2v) is 6.23. The maximum Gasteiger partial charge on any atom is 0.460 e. The molecule has 0 rings (SSSR count). The van der Waals surface area contributed by atoms with Gasteiger partial charge in [-0.15, -0.1) is 0 Å². The molecule has 2 nitrogen and oxygen atoms in total. The highest BCUT2D eigenvalue weighted by Gasteiger charge is 2.83. The normalized spacial score (nSPS) is 17.3. The van der Waals surface area contributed by atoms with E-state index < -0.39 is 39.7 Å². The fourth-order valence-corrected chi connectivity index (χ4v) is 1.63. The predicted molar refractivity (Wildman–Crippen MR) is 57.0 cm³/mol. The third kappa shape index (κ3) is 3.89. The van der Waals surface area contributed by atoms with Gasteiger partial charge in [-0.25, -0.2) is 4.21 Å². The summed E-state index contributed by atoms with van der Waals surface area (Å²) in [5, 5.41) is -6.21. The van der Waals surface area contributed by atoms with Crippen LogP contribution >= 0.6 is 0 Å². The second kappa shape index (κ2) is 5.43. The summed E-state index contributed by atoms with van der Waals surface area (Å²) in [6.45, 7) is 3.94. The third-order valence-electron chi connectivity index (χ3n) is 1.87. The summed E-state index contributed by atoms with van der Waals surface area (Å²) < 4.78 is 126. The van der Waals surface area contributed by atoms with E-state index in [4.69, 9.17) is 0 Å². The highest BCUT2D eigenvalue weighted by Crippen LogP contribution is 2.54. The molecule has 0 bridgehead atoms. The van der Waals surface area contributed by atoms with Crippen molar-refractivity contribution in [3.05, 3.63) is 0 Å². The largest absolute Gasteiger partial charge is 0.460 e. The van der Waals surface area contributed by atoms with E-state index in [2.05, 4.69) is 4.40 Å². The molecule has 0 N–H and O–H groups in total. The molecule has 0 aromatic rings. The Labute approximate surface area is 116 Å². The van der Waals surface area contributed by atoms with Crippen LogP contribution in [0.1, 0.15) is 20.8 Å². The van der Waals surface area contributed by atoms with Gasteiger partial charge in [0.15, 0.2) is 0 Å². The number of nitrogens with zero attached hydrogens (tertiary/aromatic N) is 1. The molecule has 0 fully saturated rings. The summed E-state index contributed by atoms with van der Waals surface area (Å²) in [4.78, 5) is 0. The molecule has 1 unspecified atom stereocenters. The molecule has 0 heterocycles. The fourth-order valence-electron chi connectivity index (χ4n) is 0.743. The summed E-state index contributed by atoms with van der Waals surface area (Å²) in [6, 6.07) is 0. The zero-order valence-corrected chi connectivity index (χ0v) is 11.6. The zero-order valence-electron chi connectivity index (χ0n) is 10.7. The summed E-state index contributed by atoms with van der Waals surface area (Å²) >= 11 is 0. The molecule has 21 heavy (non-hydrogen) atoms.